The summed E-state index contributed by atoms with van der Waals surface area (Å²) in [6.45, 7) is 4.93. The molecule has 4 heteroatoms. The van der Waals surface area contributed by atoms with Crippen molar-refractivity contribution in [2.24, 2.45) is 5.92 Å². The third-order valence-corrected chi connectivity index (χ3v) is 4.13. The molecule has 18 heavy (non-hydrogen) atoms. The standard InChI is InChI=1S/C14H18N2OS/c1-10-3-2-4-12-13(10)15-14(18)16(12)7-5-11-6-8-17-9-11/h2-4,11H,5-9H2,1H3,(H,15,18). The van der Waals surface area contributed by atoms with E-state index in [-0.39, 0.29) is 0 Å². The second-order valence-electron chi connectivity index (χ2n) is 5.07. The fourth-order valence-corrected chi connectivity index (χ4v) is 2.96. The van der Waals surface area contributed by atoms with E-state index in [1.54, 1.807) is 0 Å². The lowest BCUT2D eigenvalue weighted by atomic mass is 10.1. The van der Waals surface area contributed by atoms with E-state index >= 15 is 0 Å². The van der Waals surface area contributed by atoms with Crippen molar-refractivity contribution >= 4 is 23.3 Å². The van der Waals surface area contributed by atoms with Gasteiger partial charge in [0.25, 0.3) is 0 Å². The molecule has 1 fully saturated rings. The van der Waals surface area contributed by atoms with Gasteiger partial charge >= 0.3 is 0 Å². The molecule has 3 nitrogen and oxygen atoms in total. The van der Waals surface area contributed by atoms with Crippen LogP contribution in [0.1, 0.15) is 18.4 Å². The maximum atomic E-state index is 5.43. The van der Waals surface area contributed by atoms with E-state index < -0.39 is 0 Å². The average Bonchev–Trinajstić information content (AvgIpc) is 2.95. The second kappa shape index (κ2) is 4.86. The summed E-state index contributed by atoms with van der Waals surface area (Å²) in [5.41, 5.74) is 3.64. The molecule has 1 unspecified atom stereocenters. The fraction of sp³-hybridized carbons (Fsp3) is 0.500. The van der Waals surface area contributed by atoms with E-state index in [9.17, 15) is 0 Å². The van der Waals surface area contributed by atoms with Crippen molar-refractivity contribution in [1.29, 1.82) is 0 Å². The van der Waals surface area contributed by atoms with Crippen LogP contribution >= 0.6 is 12.2 Å². The van der Waals surface area contributed by atoms with Crippen molar-refractivity contribution in [3.63, 3.8) is 0 Å². The number of aromatic nitrogens is 2. The van der Waals surface area contributed by atoms with Crippen LogP contribution in [0.25, 0.3) is 11.0 Å². The van der Waals surface area contributed by atoms with Gasteiger partial charge in [-0.3, -0.25) is 0 Å². The normalized spacial score (nSPS) is 19.7. The Kier molecular flexibility index (Phi) is 3.22. The number of para-hydroxylation sites is 1. The van der Waals surface area contributed by atoms with Gasteiger partial charge in [-0.15, -0.1) is 0 Å². The van der Waals surface area contributed by atoms with Crippen molar-refractivity contribution in [2.75, 3.05) is 13.2 Å². The first kappa shape index (κ1) is 11.9. The lowest BCUT2D eigenvalue weighted by Crippen LogP contribution is -2.06. The van der Waals surface area contributed by atoms with Gasteiger partial charge in [-0.05, 0) is 49.5 Å². The Morgan fingerprint density at radius 3 is 3.17 bits per heavy atom. The maximum absolute atomic E-state index is 5.43. The van der Waals surface area contributed by atoms with Crippen LogP contribution in [-0.2, 0) is 11.3 Å². The Labute approximate surface area is 112 Å². The molecular weight excluding hydrogens is 244 g/mol. The number of H-pyrrole nitrogens is 1. The largest absolute Gasteiger partial charge is 0.381 e. The number of aryl methyl sites for hydroxylation is 2. The van der Waals surface area contributed by atoms with Crippen molar-refractivity contribution < 1.29 is 4.74 Å². The molecule has 2 heterocycles. The third-order valence-electron chi connectivity index (χ3n) is 3.80. The van der Waals surface area contributed by atoms with Gasteiger partial charge in [0.05, 0.1) is 11.0 Å². The minimum atomic E-state index is 0.696. The number of benzene rings is 1. The SMILES string of the molecule is Cc1cccc2c1[nH]c(=S)n2CCC1CCOC1. The Bertz CT molecular complexity index is 608. The molecule has 1 saturated heterocycles. The quantitative estimate of drug-likeness (QED) is 0.859. The van der Waals surface area contributed by atoms with Gasteiger partial charge in [-0.25, -0.2) is 0 Å². The van der Waals surface area contributed by atoms with E-state index in [4.69, 9.17) is 17.0 Å². The third kappa shape index (κ3) is 2.10. The number of hydrogen-bond acceptors (Lipinski definition) is 2. The molecule has 0 amide bonds. The van der Waals surface area contributed by atoms with E-state index in [0.717, 1.165) is 31.0 Å². The van der Waals surface area contributed by atoms with Crippen LogP contribution in [0, 0.1) is 17.6 Å². The summed E-state index contributed by atoms with van der Waals surface area (Å²) in [4.78, 5) is 3.32. The number of hydrogen-bond donors (Lipinski definition) is 1. The van der Waals surface area contributed by atoms with Gasteiger partial charge in [0.2, 0.25) is 0 Å². The number of ether oxygens (including phenoxy) is 1. The Balaban J connectivity index is 1.89. The van der Waals surface area contributed by atoms with Crippen molar-refractivity contribution in [3.05, 3.63) is 28.5 Å². The van der Waals surface area contributed by atoms with Crippen LogP contribution in [0.15, 0.2) is 18.2 Å². The van der Waals surface area contributed by atoms with Gasteiger partial charge in [-0.2, -0.15) is 0 Å². The van der Waals surface area contributed by atoms with E-state index in [1.165, 1.54) is 23.0 Å². The summed E-state index contributed by atoms with van der Waals surface area (Å²) < 4.78 is 8.47. The van der Waals surface area contributed by atoms with Crippen molar-refractivity contribution in [1.82, 2.24) is 9.55 Å². The zero-order valence-corrected chi connectivity index (χ0v) is 11.4. The molecule has 0 spiro atoms. The number of nitrogens with zero attached hydrogens (tertiary/aromatic N) is 1. The van der Waals surface area contributed by atoms with Crippen LogP contribution in [0.5, 0.6) is 0 Å². The first-order valence-electron chi connectivity index (χ1n) is 6.51. The number of aromatic amines is 1. The summed E-state index contributed by atoms with van der Waals surface area (Å²) >= 11 is 5.43. The molecular formula is C14H18N2OS. The molecule has 1 aromatic carbocycles. The molecule has 0 aliphatic carbocycles. The minimum absolute atomic E-state index is 0.696. The molecule has 1 atom stereocenters. The first-order valence-corrected chi connectivity index (χ1v) is 6.92. The van der Waals surface area contributed by atoms with E-state index in [2.05, 4.69) is 34.7 Å². The van der Waals surface area contributed by atoms with E-state index in [0.29, 0.717) is 5.92 Å². The highest BCUT2D eigenvalue weighted by molar-refractivity contribution is 7.71. The predicted octanol–water partition coefficient (Wildman–Crippen LogP) is 3.43. The Morgan fingerprint density at radius 2 is 2.39 bits per heavy atom. The lowest BCUT2D eigenvalue weighted by Gasteiger charge is -2.09. The van der Waals surface area contributed by atoms with Crippen molar-refractivity contribution in [2.45, 2.75) is 26.3 Å². The van der Waals surface area contributed by atoms with E-state index in [1.807, 2.05) is 0 Å². The molecule has 1 aromatic heterocycles. The van der Waals surface area contributed by atoms with Crippen LogP contribution < -0.4 is 0 Å². The monoisotopic (exact) mass is 262 g/mol. The maximum Gasteiger partial charge on any atom is 0.178 e. The van der Waals surface area contributed by atoms with Crippen LogP contribution in [-0.4, -0.2) is 22.8 Å². The number of fused-ring (bicyclic) bond motifs is 1. The molecule has 2 aromatic rings. The van der Waals surface area contributed by atoms with Crippen LogP contribution in [0.2, 0.25) is 0 Å². The highest BCUT2D eigenvalue weighted by atomic mass is 32.1. The molecule has 96 valence electrons. The molecule has 1 aliphatic rings. The molecule has 0 radical (unpaired) electrons. The Morgan fingerprint density at radius 1 is 1.50 bits per heavy atom. The van der Waals surface area contributed by atoms with Crippen molar-refractivity contribution in [3.8, 4) is 0 Å². The number of imidazole rings is 1. The van der Waals surface area contributed by atoms with Crippen LogP contribution in [0.4, 0.5) is 0 Å². The topological polar surface area (TPSA) is 29.9 Å². The predicted molar refractivity (Wildman–Crippen MR) is 75.4 cm³/mol. The zero-order chi connectivity index (χ0) is 12.5. The average molecular weight is 262 g/mol. The summed E-state index contributed by atoms with van der Waals surface area (Å²) in [6.07, 6.45) is 2.34. The molecule has 0 saturated carbocycles. The number of rotatable bonds is 3. The Hall–Kier alpha value is -1.13. The fourth-order valence-electron chi connectivity index (χ4n) is 2.67. The van der Waals surface area contributed by atoms with Gasteiger partial charge in [0.15, 0.2) is 4.77 Å². The molecule has 1 aliphatic heterocycles. The summed E-state index contributed by atoms with van der Waals surface area (Å²) in [6, 6.07) is 6.35. The van der Waals surface area contributed by atoms with Crippen LogP contribution in [0.3, 0.4) is 0 Å². The minimum Gasteiger partial charge on any atom is -0.381 e. The molecule has 1 N–H and O–H groups in total. The highest BCUT2D eigenvalue weighted by Crippen LogP contribution is 2.21. The summed E-state index contributed by atoms with van der Waals surface area (Å²) in [7, 11) is 0. The summed E-state index contributed by atoms with van der Waals surface area (Å²) in [5, 5.41) is 0. The first-order chi connectivity index (χ1) is 8.75. The highest BCUT2D eigenvalue weighted by Gasteiger charge is 2.16. The second-order valence-corrected chi connectivity index (χ2v) is 5.46. The lowest BCUT2D eigenvalue weighted by molar-refractivity contribution is 0.183. The zero-order valence-electron chi connectivity index (χ0n) is 10.6. The van der Waals surface area contributed by atoms with Gasteiger partial charge in [-0.1, -0.05) is 12.1 Å². The van der Waals surface area contributed by atoms with Gasteiger partial charge in [0.1, 0.15) is 0 Å². The molecule has 3 rings (SSSR count). The number of nitrogens with one attached hydrogen (secondary N) is 1. The smallest absolute Gasteiger partial charge is 0.178 e. The van der Waals surface area contributed by atoms with Gasteiger partial charge in [0, 0.05) is 19.8 Å². The summed E-state index contributed by atoms with van der Waals surface area (Å²) in [5.74, 6) is 0.696. The van der Waals surface area contributed by atoms with Gasteiger partial charge < -0.3 is 14.3 Å². The molecule has 0 bridgehead atoms.